The molecule has 102 valence electrons. The van der Waals surface area contributed by atoms with E-state index in [1.54, 1.807) is 0 Å². The predicted octanol–water partition coefficient (Wildman–Crippen LogP) is 2.99. The minimum absolute atomic E-state index is 0.496. The molecule has 1 aromatic rings. The van der Waals surface area contributed by atoms with Crippen LogP contribution in [0.4, 0.5) is 0 Å². The molecule has 1 fully saturated rings. The van der Waals surface area contributed by atoms with Crippen molar-refractivity contribution in [2.24, 2.45) is 13.0 Å². The number of aromatic nitrogens is 2. The second-order valence-corrected chi connectivity index (χ2v) is 6.03. The summed E-state index contributed by atoms with van der Waals surface area (Å²) in [4.78, 5) is 0. The van der Waals surface area contributed by atoms with Gasteiger partial charge in [0.1, 0.15) is 0 Å². The highest BCUT2D eigenvalue weighted by Crippen LogP contribution is 2.36. The van der Waals surface area contributed by atoms with Gasteiger partial charge in [-0.2, -0.15) is 5.10 Å². The highest BCUT2D eigenvalue weighted by molar-refractivity contribution is 5.12. The maximum Gasteiger partial charge on any atom is 0.0703 e. The van der Waals surface area contributed by atoms with Gasteiger partial charge in [0, 0.05) is 19.2 Å². The Kier molecular flexibility index (Phi) is 4.10. The molecule has 0 atom stereocenters. The fraction of sp³-hybridized carbons (Fsp3) is 0.800. The summed E-state index contributed by atoms with van der Waals surface area (Å²) in [6.45, 7) is 4.25. The third-order valence-corrected chi connectivity index (χ3v) is 4.34. The van der Waals surface area contributed by atoms with Gasteiger partial charge >= 0.3 is 0 Å². The van der Waals surface area contributed by atoms with Gasteiger partial charge in [0.05, 0.1) is 11.3 Å². The molecule has 0 spiro atoms. The Balaban J connectivity index is 1.95. The Morgan fingerprint density at radius 1 is 1.44 bits per heavy atom. The van der Waals surface area contributed by atoms with Crippen LogP contribution in [0.15, 0.2) is 6.07 Å². The van der Waals surface area contributed by atoms with Gasteiger partial charge in [0.2, 0.25) is 0 Å². The van der Waals surface area contributed by atoms with E-state index in [1.807, 2.05) is 18.7 Å². The minimum Gasteiger partial charge on any atom is -0.389 e. The smallest absolute Gasteiger partial charge is 0.0703 e. The maximum atomic E-state index is 10.7. The van der Waals surface area contributed by atoms with Gasteiger partial charge in [-0.25, -0.2) is 0 Å². The summed E-state index contributed by atoms with van der Waals surface area (Å²) >= 11 is 0. The quantitative estimate of drug-likeness (QED) is 0.892. The van der Waals surface area contributed by atoms with Crippen molar-refractivity contribution in [3.05, 3.63) is 17.5 Å². The van der Waals surface area contributed by atoms with Crippen LogP contribution in [0, 0.1) is 12.8 Å². The van der Waals surface area contributed by atoms with Crippen LogP contribution in [0.25, 0.3) is 0 Å². The molecule has 1 N–H and O–H groups in total. The van der Waals surface area contributed by atoms with Gasteiger partial charge in [-0.3, -0.25) is 4.68 Å². The molecule has 1 aromatic heterocycles. The molecular formula is C15H26N2O. The van der Waals surface area contributed by atoms with E-state index in [2.05, 4.69) is 18.1 Å². The SMILES string of the molecule is CCCC1CCC(O)(Cc2cc(C)nn2C)CC1. The Labute approximate surface area is 110 Å². The molecule has 0 unspecified atom stereocenters. The first-order chi connectivity index (χ1) is 8.52. The summed E-state index contributed by atoms with van der Waals surface area (Å²) in [5.41, 5.74) is 1.70. The van der Waals surface area contributed by atoms with Gasteiger partial charge in [-0.1, -0.05) is 19.8 Å². The fourth-order valence-corrected chi connectivity index (χ4v) is 3.26. The van der Waals surface area contributed by atoms with Crippen LogP contribution >= 0.6 is 0 Å². The van der Waals surface area contributed by atoms with Crippen molar-refractivity contribution in [1.82, 2.24) is 9.78 Å². The molecule has 0 radical (unpaired) electrons. The van der Waals surface area contributed by atoms with Crippen molar-refractivity contribution in [2.45, 2.75) is 64.4 Å². The number of aliphatic hydroxyl groups is 1. The molecule has 0 bridgehead atoms. The molecule has 0 amide bonds. The Hall–Kier alpha value is -0.830. The van der Waals surface area contributed by atoms with Crippen molar-refractivity contribution in [3.63, 3.8) is 0 Å². The van der Waals surface area contributed by atoms with Gasteiger partial charge in [-0.05, 0) is 44.6 Å². The molecular weight excluding hydrogens is 224 g/mol. The zero-order chi connectivity index (χ0) is 13.2. The van der Waals surface area contributed by atoms with E-state index in [0.717, 1.165) is 36.6 Å². The number of hydrogen-bond donors (Lipinski definition) is 1. The van der Waals surface area contributed by atoms with E-state index >= 15 is 0 Å². The lowest BCUT2D eigenvalue weighted by atomic mass is 9.75. The van der Waals surface area contributed by atoms with Crippen molar-refractivity contribution in [1.29, 1.82) is 0 Å². The lowest BCUT2D eigenvalue weighted by molar-refractivity contribution is -0.0113. The molecule has 1 aliphatic rings. The van der Waals surface area contributed by atoms with Crippen LogP contribution in [0.5, 0.6) is 0 Å². The first-order valence-electron chi connectivity index (χ1n) is 7.24. The van der Waals surface area contributed by atoms with Crippen molar-refractivity contribution >= 4 is 0 Å². The molecule has 18 heavy (non-hydrogen) atoms. The molecule has 1 saturated carbocycles. The van der Waals surface area contributed by atoms with Crippen molar-refractivity contribution < 1.29 is 5.11 Å². The molecule has 0 saturated heterocycles. The van der Waals surface area contributed by atoms with E-state index < -0.39 is 5.60 Å². The summed E-state index contributed by atoms with van der Waals surface area (Å²) in [6.07, 6.45) is 7.60. The number of rotatable bonds is 4. The summed E-state index contributed by atoms with van der Waals surface area (Å²) in [5, 5.41) is 15.1. The second-order valence-electron chi connectivity index (χ2n) is 6.03. The van der Waals surface area contributed by atoms with Crippen LogP contribution in [-0.4, -0.2) is 20.5 Å². The molecule has 2 rings (SSSR count). The first-order valence-corrected chi connectivity index (χ1v) is 7.24. The number of aryl methyl sites for hydroxylation is 2. The third-order valence-electron chi connectivity index (χ3n) is 4.34. The van der Waals surface area contributed by atoms with E-state index in [9.17, 15) is 5.11 Å². The fourth-order valence-electron chi connectivity index (χ4n) is 3.26. The normalized spacial score (nSPS) is 28.6. The second kappa shape index (κ2) is 5.43. The molecule has 1 aliphatic carbocycles. The summed E-state index contributed by atoms with van der Waals surface area (Å²) in [7, 11) is 1.97. The van der Waals surface area contributed by atoms with Gasteiger partial charge in [0.15, 0.2) is 0 Å². The van der Waals surface area contributed by atoms with Crippen LogP contribution in [-0.2, 0) is 13.5 Å². The molecule has 1 heterocycles. The minimum atomic E-state index is -0.496. The third kappa shape index (κ3) is 3.14. The van der Waals surface area contributed by atoms with Crippen LogP contribution < -0.4 is 0 Å². The molecule has 3 nitrogen and oxygen atoms in total. The van der Waals surface area contributed by atoms with E-state index in [0.29, 0.717) is 0 Å². The monoisotopic (exact) mass is 250 g/mol. The van der Waals surface area contributed by atoms with Crippen LogP contribution in [0.2, 0.25) is 0 Å². The van der Waals surface area contributed by atoms with Crippen molar-refractivity contribution in [3.8, 4) is 0 Å². The van der Waals surface area contributed by atoms with Gasteiger partial charge in [0.25, 0.3) is 0 Å². The summed E-state index contributed by atoms with van der Waals surface area (Å²) in [5.74, 6) is 0.837. The summed E-state index contributed by atoms with van der Waals surface area (Å²) in [6, 6.07) is 2.09. The summed E-state index contributed by atoms with van der Waals surface area (Å²) < 4.78 is 1.91. The number of hydrogen-bond acceptors (Lipinski definition) is 2. The van der Waals surface area contributed by atoms with Crippen LogP contribution in [0.1, 0.15) is 56.8 Å². The molecule has 3 heteroatoms. The van der Waals surface area contributed by atoms with E-state index in [-0.39, 0.29) is 0 Å². The van der Waals surface area contributed by atoms with Crippen LogP contribution in [0.3, 0.4) is 0 Å². The van der Waals surface area contributed by atoms with Crippen molar-refractivity contribution in [2.75, 3.05) is 0 Å². The Morgan fingerprint density at radius 3 is 2.61 bits per heavy atom. The lowest BCUT2D eigenvalue weighted by Gasteiger charge is -2.36. The van der Waals surface area contributed by atoms with Gasteiger partial charge < -0.3 is 5.11 Å². The first kappa shape index (κ1) is 13.6. The predicted molar refractivity (Wildman–Crippen MR) is 73.5 cm³/mol. The highest BCUT2D eigenvalue weighted by atomic mass is 16.3. The highest BCUT2D eigenvalue weighted by Gasteiger charge is 2.33. The van der Waals surface area contributed by atoms with E-state index in [4.69, 9.17) is 0 Å². The van der Waals surface area contributed by atoms with E-state index in [1.165, 1.54) is 25.7 Å². The topological polar surface area (TPSA) is 38.1 Å². The standard InChI is InChI=1S/C15H26N2O/c1-4-5-13-6-8-15(18,9-7-13)11-14-10-12(2)16-17(14)3/h10,13,18H,4-9,11H2,1-3H3. The average Bonchev–Trinajstić information content (AvgIpc) is 2.61. The molecule has 0 aromatic carbocycles. The zero-order valence-corrected chi connectivity index (χ0v) is 11.9. The maximum absolute atomic E-state index is 10.7. The number of nitrogens with zero attached hydrogens (tertiary/aromatic N) is 2. The largest absolute Gasteiger partial charge is 0.389 e. The molecule has 0 aliphatic heterocycles. The lowest BCUT2D eigenvalue weighted by Crippen LogP contribution is -2.36. The average molecular weight is 250 g/mol. The Bertz CT molecular complexity index is 389. The zero-order valence-electron chi connectivity index (χ0n) is 11.9. The van der Waals surface area contributed by atoms with Gasteiger partial charge in [-0.15, -0.1) is 0 Å². The Morgan fingerprint density at radius 2 is 2.11 bits per heavy atom.